The van der Waals surface area contributed by atoms with Crippen LogP contribution in [0.1, 0.15) is 21.5 Å². The van der Waals surface area contributed by atoms with Crippen molar-refractivity contribution < 1.29 is 9.21 Å². The third-order valence-corrected chi connectivity index (χ3v) is 4.79. The lowest BCUT2D eigenvalue weighted by atomic mass is 10.1. The molecule has 1 aromatic heterocycles. The number of carbonyl (C=O) groups excluding carboxylic acids is 1. The Morgan fingerprint density at radius 3 is 2.62 bits per heavy atom. The number of aryl methyl sites for hydroxylation is 1. The zero-order valence-corrected chi connectivity index (χ0v) is 14.3. The van der Waals surface area contributed by atoms with E-state index in [9.17, 15) is 4.79 Å². The van der Waals surface area contributed by atoms with Crippen LogP contribution in [0.15, 0.2) is 71.1 Å². The van der Waals surface area contributed by atoms with Crippen molar-refractivity contribution in [3.63, 3.8) is 0 Å². The minimum Gasteiger partial charge on any atom is -0.436 e. The van der Waals surface area contributed by atoms with Gasteiger partial charge in [0.15, 0.2) is 5.58 Å². The largest absolute Gasteiger partial charge is 0.436 e. The van der Waals surface area contributed by atoms with Crippen LogP contribution < -0.4 is 4.90 Å². The van der Waals surface area contributed by atoms with E-state index in [1.165, 1.54) is 0 Å². The van der Waals surface area contributed by atoms with Gasteiger partial charge in [-0.1, -0.05) is 24.3 Å². The summed E-state index contributed by atoms with van der Waals surface area (Å²) in [5, 5.41) is 0. The molecule has 1 aliphatic heterocycles. The fourth-order valence-electron chi connectivity index (χ4n) is 3.41. The van der Waals surface area contributed by atoms with Gasteiger partial charge in [-0.15, -0.1) is 0 Å². The zero-order chi connectivity index (χ0) is 17.7. The van der Waals surface area contributed by atoms with Crippen LogP contribution in [0.3, 0.4) is 0 Å². The summed E-state index contributed by atoms with van der Waals surface area (Å²) >= 11 is 0. The number of aromatic nitrogens is 1. The fourth-order valence-corrected chi connectivity index (χ4v) is 3.41. The SMILES string of the molecule is Cc1ccc2oc(-c3ccc(N4Cc5ccccc5C4=O)cc3)nc2c1. The highest BCUT2D eigenvalue weighted by atomic mass is 16.3. The van der Waals surface area contributed by atoms with Gasteiger partial charge in [-0.3, -0.25) is 4.79 Å². The molecule has 0 fully saturated rings. The number of hydrogen-bond donors (Lipinski definition) is 0. The summed E-state index contributed by atoms with van der Waals surface area (Å²) in [6, 6.07) is 21.5. The summed E-state index contributed by atoms with van der Waals surface area (Å²) in [5.41, 5.74) is 6.41. The van der Waals surface area contributed by atoms with Gasteiger partial charge in [0.2, 0.25) is 5.89 Å². The summed E-state index contributed by atoms with van der Waals surface area (Å²) in [5.74, 6) is 0.638. The number of benzene rings is 3. The quantitative estimate of drug-likeness (QED) is 0.518. The van der Waals surface area contributed by atoms with Crippen LogP contribution in [-0.2, 0) is 6.54 Å². The maximum atomic E-state index is 12.6. The van der Waals surface area contributed by atoms with Crippen molar-refractivity contribution in [2.75, 3.05) is 4.90 Å². The van der Waals surface area contributed by atoms with E-state index in [0.29, 0.717) is 12.4 Å². The van der Waals surface area contributed by atoms with Gasteiger partial charge in [0.05, 0.1) is 6.54 Å². The van der Waals surface area contributed by atoms with Crippen molar-refractivity contribution in [2.45, 2.75) is 13.5 Å². The highest BCUT2D eigenvalue weighted by Gasteiger charge is 2.27. The predicted octanol–water partition coefficient (Wildman–Crippen LogP) is 4.96. The summed E-state index contributed by atoms with van der Waals surface area (Å²) in [4.78, 5) is 19.0. The molecular formula is C22H16N2O2. The van der Waals surface area contributed by atoms with E-state index < -0.39 is 0 Å². The van der Waals surface area contributed by atoms with Crippen LogP contribution in [0, 0.1) is 6.92 Å². The van der Waals surface area contributed by atoms with Crippen molar-refractivity contribution in [1.29, 1.82) is 0 Å². The van der Waals surface area contributed by atoms with Crippen LogP contribution >= 0.6 is 0 Å². The number of amides is 1. The van der Waals surface area contributed by atoms with Gasteiger partial charge in [0.25, 0.3) is 5.91 Å². The molecule has 0 saturated carbocycles. The van der Waals surface area contributed by atoms with E-state index in [0.717, 1.165) is 39.0 Å². The van der Waals surface area contributed by atoms with E-state index in [4.69, 9.17) is 4.42 Å². The van der Waals surface area contributed by atoms with E-state index in [2.05, 4.69) is 4.98 Å². The zero-order valence-electron chi connectivity index (χ0n) is 14.3. The molecule has 0 bridgehead atoms. The number of nitrogens with zero attached hydrogens (tertiary/aromatic N) is 2. The number of hydrogen-bond acceptors (Lipinski definition) is 3. The Kier molecular flexibility index (Phi) is 3.19. The first-order valence-corrected chi connectivity index (χ1v) is 8.56. The Morgan fingerprint density at radius 2 is 1.81 bits per heavy atom. The highest BCUT2D eigenvalue weighted by molar-refractivity contribution is 6.10. The maximum Gasteiger partial charge on any atom is 0.258 e. The van der Waals surface area contributed by atoms with E-state index in [1.807, 2.05) is 73.7 Å². The first-order chi connectivity index (χ1) is 12.7. The number of rotatable bonds is 2. The topological polar surface area (TPSA) is 46.3 Å². The average molecular weight is 340 g/mol. The third kappa shape index (κ3) is 2.30. The highest BCUT2D eigenvalue weighted by Crippen LogP contribution is 2.31. The lowest BCUT2D eigenvalue weighted by molar-refractivity contribution is 0.0996. The predicted molar refractivity (Wildman–Crippen MR) is 101 cm³/mol. The molecule has 0 radical (unpaired) electrons. The van der Waals surface area contributed by atoms with Crippen LogP contribution in [-0.4, -0.2) is 10.9 Å². The molecule has 0 N–H and O–H groups in total. The standard InChI is InChI=1S/C22H16N2O2/c1-14-6-11-20-19(12-14)23-21(26-20)15-7-9-17(10-8-15)24-13-16-4-2-3-5-18(16)22(24)25/h2-12H,13H2,1H3. The number of carbonyl (C=O) groups is 1. The van der Waals surface area contributed by atoms with Crippen molar-refractivity contribution in [3.05, 3.63) is 83.4 Å². The minimum atomic E-state index is 0.0469. The normalized spacial score (nSPS) is 13.4. The molecular weight excluding hydrogens is 324 g/mol. The van der Waals surface area contributed by atoms with Crippen molar-refractivity contribution in [1.82, 2.24) is 4.98 Å². The smallest absolute Gasteiger partial charge is 0.258 e. The second-order valence-electron chi connectivity index (χ2n) is 6.59. The second kappa shape index (κ2) is 5.56. The van der Waals surface area contributed by atoms with E-state index in [1.54, 1.807) is 4.90 Å². The van der Waals surface area contributed by atoms with E-state index >= 15 is 0 Å². The van der Waals surface area contributed by atoms with Gasteiger partial charge in [0, 0.05) is 16.8 Å². The number of oxazole rings is 1. The summed E-state index contributed by atoms with van der Waals surface area (Å²) < 4.78 is 5.85. The molecule has 26 heavy (non-hydrogen) atoms. The lowest BCUT2D eigenvalue weighted by Gasteiger charge is -2.15. The monoisotopic (exact) mass is 340 g/mol. The van der Waals surface area contributed by atoms with Crippen molar-refractivity contribution >= 4 is 22.7 Å². The molecule has 0 aliphatic carbocycles. The number of fused-ring (bicyclic) bond motifs is 2. The fraction of sp³-hybridized carbons (Fsp3) is 0.0909. The summed E-state index contributed by atoms with van der Waals surface area (Å²) in [7, 11) is 0. The molecule has 5 rings (SSSR count). The summed E-state index contributed by atoms with van der Waals surface area (Å²) in [6.45, 7) is 2.64. The van der Waals surface area contributed by atoms with Crippen LogP contribution in [0.2, 0.25) is 0 Å². The molecule has 2 heterocycles. The Balaban J connectivity index is 1.47. The van der Waals surface area contributed by atoms with Crippen LogP contribution in [0.4, 0.5) is 5.69 Å². The van der Waals surface area contributed by atoms with Gasteiger partial charge < -0.3 is 9.32 Å². The Labute approximate surface area is 150 Å². The van der Waals surface area contributed by atoms with Gasteiger partial charge in [-0.25, -0.2) is 4.98 Å². The Bertz CT molecular complexity index is 1140. The van der Waals surface area contributed by atoms with Crippen molar-refractivity contribution in [3.8, 4) is 11.5 Å². The van der Waals surface area contributed by atoms with Crippen LogP contribution in [0.5, 0.6) is 0 Å². The molecule has 0 unspecified atom stereocenters. The van der Waals surface area contributed by atoms with E-state index in [-0.39, 0.29) is 5.91 Å². The summed E-state index contributed by atoms with van der Waals surface area (Å²) in [6.07, 6.45) is 0. The van der Waals surface area contributed by atoms with Gasteiger partial charge >= 0.3 is 0 Å². The molecule has 0 spiro atoms. The molecule has 4 heteroatoms. The second-order valence-corrected chi connectivity index (χ2v) is 6.59. The number of anilines is 1. The minimum absolute atomic E-state index is 0.0469. The maximum absolute atomic E-state index is 12.6. The van der Waals surface area contributed by atoms with Crippen molar-refractivity contribution in [2.24, 2.45) is 0 Å². The Morgan fingerprint density at radius 1 is 1.00 bits per heavy atom. The molecule has 1 aliphatic rings. The molecule has 1 amide bonds. The third-order valence-electron chi connectivity index (χ3n) is 4.79. The molecule has 4 aromatic rings. The van der Waals surface area contributed by atoms with Gasteiger partial charge in [-0.2, -0.15) is 0 Å². The Hall–Kier alpha value is -3.40. The molecule has 4 nitrogen and oxygen atoms in total. The molecule has 126 valence electrons. The molecule has 3 aromatic carbocycles. The lowest BCUT2D eigenvalue weighted by Crippen LogP contribution is -2.22. The van der Waals surface area contributed by atoms with Gasteiger partial charge in [0.1, 0.15) is 5.52 Å². The van der Waals surface area contributed by atoms with Gasteiger partial charge in [-0.05, 0) is 60.5 Å². The first-order valence-electron chi connectivity index (χ1n) is 8.56. The first kappa shape index (κ1) is 14.9. The molecule has 0 saturated heterocycles. The average Bonchev–Trinajstić information content (AvgIpc) is 3.23. The molecule has 0 atom stereocenters. The van der Waals surface area contributed by atoms with Crippen LogP contribution in [0.25, 0.3) is 22.6 Å².